The molecule has 2 aromatic carbocycles. The molecule has 0 bridgehead atoms. The third kappa shape index (κ3) is 2.59. The maximum absolute atomic E-state index is 13.2. The fraction of sp³-hybridized carbons (Fsp3) is 0.125. The van der Waals surface area contributed by atoms with Gasteiger partial charge in [-0.25, -0.2) is 0 Å². The first kappa shape index (κ1) is 13.5. The minimum absolute atomic E-state index is 0.0417. The van der Waals surface area contributed by atoms with Crippen LogP contribution in [0.3, 0.4) is 0 Å². The van der Waals surface area contributed by atoms with Gasteiger partial charge in [-0.15, -0.1) is 0 Å². The molecule has 0 saturated carbocycles. The number of aromatic hydroxyl groups is 1. The molecule has 0 spiro atoms. The van der Waals surface area contributed by atoms with Crippen molar-refractivity contribution in [1.29, 1.82) is 0 Å². The number of ether oxygens (including phenoxy) is 1. The van der Waals surface area contributed by atoms with Crippen LogP contribution in [0.25, 0.3) is 5.57 Å². The predicted molar refractivity (Wildman–Crippen MR) is 71.9 cm³/mol. The minimum Gasteiger partial charge on any atom is -0.508 e. The molecule has 1 heterocycles. The first-order valence-electron chi connectivity index (χ1n) is 6.29. The van der Waals surface area contributed by atoms with Crippen LogP contribution in [0, 0.1) is 0 Å². The molecule has 1 atom stereocenters. The van der Waals surface area contributed by atoms with Gasteiger partial charge in [0.15, 0.2) is 0 Å². The molecule has 2 aromatic rings. The fourth-order valence-electron chi connectivity index (χ4n) is 2.28. The Morgan fingerprint density at radius 1 is 0.952 bits per heavy atom. The van der Waals surface area contributed by atoms with Crippen LogP contribution in [0.5, 0.6) is 11.5 Å². The van der Waals surface area contributed by atoms with Crippen molar-refractivity contribution in [3.05, 3.63) is 65.7 Å². The molecule has 1 unspecified atom stereocenters. The van der Waals surface area contributed by atoms with E-state index in [1.807, 2.05) is 0 Å². The number of hydrogen-bond donors (Lipinski definition) is 1. The van der Waals surface area contributed by atoms with Crippen molar-refractivity contribution < 1.29 is 23.0 Å². The van der Waals surface area contributed by atoms with Gasteiger partial charge >= 0.3 is 6.18 Å². The molecule has 1 aliphatic heterocycles. The van der Waals surface area contributed by atoms with Crippen LogP contribution in [0.4, 0.5) is 13.2 Å². The molecule has 2 nitrogen and oxygen atoms in total. The first-order valence-corrected chi connectivity index (χ1v) is 6.29. The third-order valence-corrected chi connectivity index (χ3v) is 3.28. The number of para-hydroxylation sites is 1. The van der Waals surface area contributed by atoms with Gasteiger partial charge in [0.05, 0.1) is 5.57 Å². The number of phenols is 1. The summed E-state index contributed by atoms with van der Waals surface area (Å²) in [4.78, 5) is 0. The van der Waals surface area contributed by atoms with Crippen molar-refractivity contribution in [3.63, 3.8) is 0 Å². The lowest BCUT2D eigenvalue weighted by Crippen LogP contribution is -2.19. The molecule has 0 aliphatic carbocycles. The van der Waals surface area contributed by atoms with Gasteiger partial charge in [0.25, 0.3) is 0 Å². The number of benzene rings is 2. The summed E-state index contributed by atoms with van der Waals surface area (Å²) in [5.74, 6) is 0.250. The van der Waals surface area contributed by atoms with Crippen LogP contribution in [-0.4, -0.2) is 11.3 Å². The zero-order chi connectivity index (χ0) is 15.0. The van der Waals surface area contributed by atoms with Crippen LogP contribution >= 0.6 is 0 Å². The topological polar surface area (TPSA) is 29.5 Å². The number of phenolic OH excluding ortho intramolecular Hbond substituents is 1. The average Bonchev–Trinajstić information content (AvgIpc) is 2.46. The molecule has 0 fully saturated rings. The number of fused-ring (bicyclic) bond motifs is 1. The monoisotopic (exact) mass is 292 g/mol. The number of halogens is 3. The van der Waals surface area contributed by atoms with E-state index in [2.05, 4.69) is 0 Å². The molecule has 21 heavy (non-hydrogen) atoms. The SMILES string of the molecule is Oc1ccc(C2C=C(C(F)(F)F)c3ccccc3O2)cc1. The van der Waals surface area contributed by atoms with Gasteiger partial charge in [-0.3, -0.25) is 0 Å². The van der Waals surface area contributed by atoms with E-state index in [0.717, 1.165) is 6.08 Å². The molecule has 3 rings (SSSR count). The van der Waals surface area contributed by atoms with Crippen molar-refractivity contribution in [2.24, 2.45) is 0 Å². The highest BCUT2D eigenvalue weighted by Crippen LogP contribution is 2.44. The number of hydrogen-bond acceptors (Lipinski definition) is 2. The quantitative estimate of drug-likeness (QED) is 0.840. The molecule has 1 aliphatic rings. The van der Waals surface area contributed by atoms with Crippen molar-refractivity contribution >= 4 is 5.57 Å². The lowest BCUT2D eigenvalue weighted by Gasteiger charge is -2.26. The average molecular weight is 292 g/mol. The summed E-state index contributed by atoms with van der Waals surface area (Å²) >= 11 is 0. The van der Waals surface area contributed by atoms with Gasteiger partial charge < -0.3 is 9.84 Å². The number of rotatable bonds is 1. The van der Waals surface area contributed by atoms with Gasteiger partial charge in [-0.2, -0.15) is 13.2 Å². The molecule has 1 N–H and O–H groups in total. The fourth-order valence-corrected chi connectivity index (χ4v) is 2.28. The lowest BCUT2D eigenvalue weighted by molar-refractivity contribution is -0.0701. The normalized spacial score (nSPS) is 17.7. The minimum atomic E-state index is -4.45. The molecule has 0 radical (unpaired) electrons. The molecular formula is C16H11F3O2. The highest BCUT2D eigenvalue weighted by Gasteiger charge is 2.39. The Kier molecular flexibility index (Phi) is 3.12. The Labute approximate surface area is 119 Å². The largest absolute Gasteiger partial charge is 0.508 e. The van der Waals surface area contributed by atoms with Crippen LogP contribution in [0.1, 0.15) is 17.2 Å². The van der Waals surface area contributed by atoms with Gasteiger partial charge in [-0.05, 0) is 29.8 Å². The molecule has 5 heteroatoms. The summed E-state index contributed by atoms with van der Waals surface area (Å²) in [6.45, 7) is 0. The second-order valence-corrected chi connectivity index (χ2v) is 4.70. The van der Waals surface area contributed by atoms with Crippen molar-refractivity contribution in [3.8, 4) is 11.5 Å². The Morgan fingerprint density at radius 2 is 1.62 bits per heavy atom. The number of alkyl halides is 3. The molecule has 0 aromatic heterocycles. The van der Waals surface area contributed by atoms with Crippen molar-refractivity contribution in [2.75, 3.05) is 0 Å². The third-order valence-electron chi connectivity index (χ3n) is 3.28. The van der Waals surface area contributed by atoms with E-state index in [1.54, 1.807) is 24.3 Å². The highest BCUT2D eigenvalue weighted by molar-refractivity contribution is 5.76. The molecule has 0 saturated heterocycles. The Balaban J connectivity index is 2.08. The summed E-state index contributed by atoms with van der Waals surface area (Å²) in [6, 6.07) is 12.0. The summed E-state index contributed by atoms with van der Waals surface area (Å²) in [5, 5.41) is 9.26. The van der Waals surface area contributed by atoms with Gasteiger partial charge in [0.2, 0.25) is 0 Å². The van der Waals surface area contributed by atoms with Crippen LogP contribution in [0.2, 0.25) is 0 Å². The lowest BCUT2D eigenvalue weighted by atomic mass is 9.96. The summed E-state index contributed by atoms with van der Waals surface area (Å²) in [5.41, 5.74) is -0.119. The van der Waals surface area contributed by atoms with Gasteiger partial charge in [0.1, 0.15) is 17.6 Å². The van der Waals surface area contributed by atoms with E-state index in [1.165, 1.54) is 24.3 Å². The first-order chi connectivity index (χ1) is 9.95. The molecule has 0 amide bonds. The van der Waals surface area contributed by atoms with Gasteiger partial charge in [0, 0.05) is 5.56 Å². The smallest absolute Gasteiger partial charge is 0.416 e. The van der Waals surface area contributed by atoms with E-state index in [-0.39, 0.29) is 17.1 Å². The van der Waals surface area contributed by atoms with E-state index in [0.29, 0.717) is 5.56 Å². The molecular weight excluding hydrogens is 281 g/mol. The number of allylic oxidation sites excluding steroid dienone is 1. The summed E-state index contributed by atoms with van der Waals surface area (Å²) < 4.78 is 45.3. The molecule has 108 valence electrons. The summed E-state index contributed by atoms with van der Waals surface area (Å²) in [7, 11) is 0. The van der Waals surface area contributed by atoms with Gasteiger partial charge in [-0.1, -0.05) is 30.3 Å². The zero-order valence-electron chi connectivity index (χ0n) is 10.8. The Bertz CT molecular complexity index is 687. The highest BCUT2D eigenvalue weighted by atomic mass is 19.4. The van der Waals surface area contributed by atoms with E-state index in [4.69, 9.17) is 4.74 Å². The van der Waals surface area contributed by atoms with Crippen LogP contribution < -0.4 is 4.74 Å². The van der Waals surface area contributed by atoms with Crippen LogP contribution in [-0.2, 0) is 0 Å². The van der Waals surface area contributed by atoms with E-state index >= 15 is 0 Å². The maximum Gasteiger partial charge on any atom is 0.416 e. The van der Waals surface area contributed by atoms with Crippen molar-refractivity contribution in [2.45, 2.75) is 12.3 Å². The Morgan fingerprint density at radius 3 is 2.29 bits per heavy atom. The second-order valence-electron chi connectivity index (χ2n) is 4.70. The Hall–Kier alpha value is -2.43. The summed E-state index contributed by atoms with van der Waals surface area (Å²) in [6.07, 6.45) is -4.22. The van der Waals surface area contributed by atoms with E-state index < -0.39 is 17.9 Å². The second kappa shape index (κ2) is 4.84. The maximum atomic E-state index is 13.2. The zero-order valence-corrected chi connectivity index (χ0v) is 10.8. The van der Waals surface area contributed by atoms with Crippen LogP contribution in [0.15, 0.2) is 54.6 Å². The predicted octanol–water partition coefficient (Wildman–Crippen LogP) is 4.47. The standard InChI is InChI=1S/C16H11F3O2/c17-16(18,19)13-9-15(10-5-7-11(20)8-6-10)21-14-4-2-1-3-12(13)14/h1-9,15,20H. The van der Waals surface area contributed by atoms with E-state index in [9.17, 15) is 18.3 Å². The van der Waals surface area contributed by atoms with Crippen molar-refractivity contribution in [1.82, 2.24) is 0 Å².